The van der Waals surface area contributed by atoms with Gasteiger partial charge in [0.25, 0.3) is 0 Å². The van der Waals surface area contributed by atoms with Gasteiger partial charge in [-0.1, -0.05) is 18.2 Å². The predicted octanol–water partition coefficient (Wildman–Crippen LogP) is 0.521. The van der Waals surface area contributed by atoms with E-state index in [9.17, 15) is 8.42 Å². The first kappa shape index (κ1) is 14.7. The van der Waals surface area contributed by atoms with Crippen molar-refractivity contribution in [3.63, 3.8) is 0 Å². The smallest absolute Gasteiger partial charge is 0.204 e. The van der Waals surface area contributed by atoms with Crippen LogP contribution in [0.3, 0.4) is 0 Å². The van der Waals surface area contributed by atoms with E-state index in [1.165, 1.54) is 0 Å². The van der Waals surface area contributed by atoms with E-state index in [2.05, 4.69) is 16.8 Å². The molecular formula is C15H21N3O2S. The highest BCUT2D eigenvalue weighted by atomic mass is 32.2. The lowest BCUT2D eigenvalue weighted by Crippen LogP contribution is -2.45. The summed E-state index contributed by atoms with van der Waals surface area (Å²) in [5.41, 5.74) is 7.17. The maximum Gasteiger partial charge on any atom is 0.204 e. The number of fused-ring (bicyclic) bond motifs is 1. The SMILES string of the molecule is CN1CCN(CC2=Cc3cccc(CN)c3S2(=O)=O)CC1. The quantitative estimate of drug-likeness (QED) is 0.882. The lowest BCUT2D eigenvalue weighted by Gasteiger charge is -2.32. The fourth-order valence-electron chi connectivity index (χ4n) is 2.95. The summed E-state index contributed by atoms with van der Waals surface area (Å²) >= 11 is 0. The molecule has 0 atom stereocenters. The van der Waals surface area contributed by atoms with Gasteiger partial charge >= 0.3 is 0 Å². The Morgan fingerprint density at radius 1 is 1.19 bits per heavy atom. The van der Waals surface area contributed by atoms with Gasteiger partial charge in [0.2, 0.25) is 9.84 Å². The number of nitrogens with two attached hydrogens (primary N) is 1. The number of rotatable bonds is 3. The summed E-state index contributed by atoms with van der Waals surface area (Å²) in [6.07, 6.45) is 1.81. The molecule has 1 fully saturated rings. The molecule has 3 rings (SSSR count). The van der Waals surface area contributed by atoms with Gasteiger partial charge in [-0.25, -0.2) is 8.42 Å². The number of hydrogen-bond acceptors (Lipinski definition) is 5. The van der Waals surface area contributed by atoms with E-state index in [0.717, 1.165) is 31.7 Å². The summed E-state index contributed by atoms with van der Waals surface area (Å²) in [4.78, 5) is 5.38. The number of sulfone groups is 1. The van der Waals surface area contributed by atoms with E-state index in [4.69, 9.17) is 5.73 Å². The third kappa shape index (κ3) is 2.64. The molecule has 0 amide bonds. The molecule has 0 spiro atoms. The van der Waals surface area contributed by atoms with Gasteiger partial charge in [-0.15, -0.1) is 0 Å². The van der Waals surface area contributed by atoms with Crippen molar-refractivity contribution in [3.05, 3.63) is 34.2 Å². The minimum absolute atomic E-state index is 0.248. The molecule has 2 N–H and O–H groups in total. The van der Waals surface area contributed by atoms with Crippen LogP contribution in [0.5, 0.6) is 0 Å². The van der Waals surface area contributed by atoms with Crippen molar-refractivity contribution in [1.82, 2.24) is 9.80 Å². The number of piperazine rings is 1. The Bertz CT molecular complexity index is 674. The molecule has 0 radical (unpaired) electrons. The summed E-state index contributed by atoms with van der Waals surface area (Å²) in [7, 11) is -1.29. The lowest BCUT2D eigenvalue weighted by atomic mass is 10.1. The van der Waals surface area contributed by atoms with E-state index >= 15 is 0 Å². The second-order valence-corrected chi connectivity index (χ2v) is 7.67. The third-order valence-corrected chi connectivity index (χ3v) is 6.23. The molecule has 6 heteroatoms. The maximum absolute atomic E-state index is 12.7. The Kier molecular flexibility index (Phi) is 3.88. The van der Waals surface area contributed by atoms with E-state index in [1.54, 1.807) is 6.07 Å². The molecule has 0 aromatic heterocycles. The molecule has 0 bridgehead atoms. The molecule has 114 valence electrons. The molecule has 21 heavy (non-hydrogen) atoms. The molecule has 0 saturated carbocycles. The second kappa shape index (κ2) is 5.53. The van der Waals surface area contributed by atoms with E-state index in [0.29, 0.717) is 21.9 Å². The molecule has 1 aromatic carbocycles. The fraction of sp³-hybridized carbons (Fsp3) is 0.467. The Morgan fingerprint density at radius 2 is 1.90 bits per heavy atom. The molecule has 0 unspecified atom stereocenters. The predicted molar refractivity (Wildman–Crippen MR) is 83.4 cm³/mol. The third-order valence-electron chi connectivity index (χ3n) is 4.25. The van der Waals surface area contributed by atoms with Crippen molar-refractivity contribution in [2.24, 2.45) is 5.73 Å². The van der Waals surface area contributed by atoms with Crippen LogP contribution in [0, 0.1) is 0 Å². The monoisotopic (exact) mass is 307 g/mol. The van der Waals surface area contributed by atoms with Crippen molar-refractivity contribution >= 4 is 15.9 Å². The molecular weight excluding hydrogens is 286 g/mol. The van der Waals surface area contributed by atoms with Gasteiger partial charge in [0, 0.05) is 39.3 Å². The average molecular weight is 307 g/mol. The standard InChI is InChI=1S/C15H21N3O2S/c1-17-5-7-18(8-6-17)11-14-9-12-3-2-4-13(10-16)15(12)21(14,19)20/h2-4,9H,5-8,10-11,16H2,1H3. The van der Waals surface area contributed by atoms with Gasteiger partial charge in [0.1, 0.15) is 0 Å². The van der Waals surface area contributed by atoms with Crippen molar-refractivity contribution in [2.45, 2.75) is 11.4 Å². The lowest BCUT2D eigenvalue weighted by molar-refractivity contribution is 0.166. The highest BCUT2D eigenvalue weighted by Crippen LogP contribution is 2.35. The highest BCUT2D eigenvalue weighted by Gasteiger charge is 2.32. The van der Waals surface area contributed by atoms with Gasteiger partial charge < -0.3 is 10.6 Å². The van der Waals surface area contributed by atoms with Gasteiger partial charge in [0.15, 0.2) is 0 Å². The Hall–Kier alpha value is -1.21. The summed E-state index contributed by atoms with van der Waals surface area (Å²) in [5.74, 6) is 0. The van der Waals surface area contributed by atoms with Gasteiger partial charge in [-0.2, -0.15) is 0 Å². The van der Waals surface area contributed by atoms with Crippen molar-refractivity contribution in [3.8, 4) is 0 Å². The average Bonchev–Trinajstić information content (AvgIpc) is 2.73. The molecule has 2 heterocycles. The zero-order chi connectivity index (χ0) is 15.0. The molecule has 2 aliphatic heterocycles. The molecule has 1 saturated heterocycles. The second-order valence-electron chi connectivity index (χ2n) is 5.73. The van der Waals surface area contributed by atoms with Crippen LogP contribution in [0.2, 0.25) is 0 Å². The van der Waals surface area contributed by atoms with E-state index in [-0.39, 0.29) is 6.54 Å². The van der Waals surface area contributed by atoms with Crippen LogP contribution in [-0.4, -0.2) is 58.0 Å². The van der Waals surface area contributed by atoms with E-state index in [1.807, 2.05) is 18.2 Å². The van der Waals surface area contributed by atoms with Crippen LogP contribution in [0.25, 0.3) is 6.08 Å². The highest BCUT2D eigenvalue weighted by molar-refractivity contribution is 7.96. The Balaban J connectivity index is 1.86. The van der Waals surface area contributed by atoms with Crippen LogP contribution in [-0.2, 0) is 16.4 Å². The zero-order valence-corrected chi connectivity index (χ0v) is 13.1. The first-order chi connectivity index (χ1) is 10.0. The number of hydrogen-bond donors (Lipinski definition) is 1. The Labute approximate surface area is 125 Å². The fourth-order valence-corrected chi connectivity index (χ4v) is 4.78. The minimum Gasteiger partial charge on any atom is -0.326 e. The summed E-state index contributed by atoms with van der Waals surface area (Å²) in [5, 5.41) is 0. The molecule has 5 nitrogen and oxygen atoms in total. The number of benzene rings is 1. The number of likely N-dealkylation sites (N-methyl/N-ethyl adjacent to an activating group) is 1. The first-order valence-corrected chi connectivity index (χ1v) is 8.69. The van der Waals surface area contributed by atoms with Crippen LogP contribution >= 0.6 is 0 Å². The summed E-state index contributed by atoms with van der Waals surface area (Å²) in [6.45, 7) is 4.52. The van der Waals surface area contributed by atoms with Crippen molar-refractivity contribution in [1.29, 1.82) is 0 Å². The Morgan fingerprint density at radius 3 is 2.57 bits per heavy atom. The van der Waals surface area contributed by atoms with Crippen molar-refractivity contribution in [2.75, 3.05) is 39.8 Å². The summed E-state index contributed by atoms with van der Waals surface area (Å²) < 4.78 is 25.5. The van der Waals surface area contributed by atoms with Gasteiger partial charge in [0.05, 0.1) is 9.80 Å². The van der Waals surface area contributed by atoms with Gasteiger partial charge in [-0.3, -0.25) is 4.90 Å². The molecule has 1 aromatic rings. The van der Waals surface area contributed by atoms with Crippen LogP contribution in [0.1, 0.15) is 11.1 Å². The van der Waals surface area contributed by atoms with Crippen LogP contribution < -0.4 is 5.73 Å². The number of nitrogens with zero attached hydrogens (tertiary/aromatic N) is 2. The molecule has 0 aliphatic carbocycles. The van der Waals surface area contributed by atoms with Gasteiger partial charge in [-0.05, 0) is 24.3 Å². The normalized spacial score (nSPS) is 22.1. The molecule has 2 aliphatic rings. The maximum atomic E-state index is 12.7. The topological polar surface area (TPSA) is 66.6 Å². The van der Waals surface area contributed by atoms with Crippen LogP contribution in [0.4, 0.5) is 0 Å². The summed E-state index contributed by atoms with van der Waals surface area (Å²) in [6, 6.07) is 5.51. The largest absolute Gasteiger partial charge is 0.326 e. The van der Waals surface area contributed by atoms with Crippen molar-refractivity contribution < 1.29 is 8.42 Å². The minimum atomic E-state index is -3.38. The zero-order valence-electron chi connectivity index (χ0n) is 12.2. The first-order valence-electron chi connectivity index (χ1n) is 7.21. The van der Waals surface area contributed by atoms with Crippen LogP contribution in [0.15, 0.2) is 28.0 Å². The van der Waals surface area contributed by atoms with E-state index < -0.39 is 9.84 Å².